The summed E-state index contributed by atoms with van der Waals surface area (Å²) in [7, 11) is 3.18. The van der Waals surface area contributed by atoms with E-state index in [0.717, 1.165) is 17.0 Å². The fourth-order valence-corrected chi connectivity index (χ4v) is 5.36. The van der Waals surface area contributed by atoms with Gasteiger partial charge in [-0.1, -0.05) is 29.8 Å². The lowest BCUT2D eigenvalue weighted by atomic mass is 10.0. The van der Waals surface area contributed by atoms with Crippen molar-refractivity contribution in [3.05, 3.63) is 76.5 Å². The maximum absolute atomic E-state index is 15.1. The maximum atomic E-state index is 15.1. The summed E-state index contributed by atoms with van der Waals surface area (Å²) in [6, 6.07) is 10.4. The third kappa shape index (κ3) is 6.89. The monoisotopic (exact) mass is 610 g/mol. The molecule has 10 nitrogen and oxygen atoms in total. The van der Waals surface area contributed by atoms with Crippen molar-refractivity contribution in [3.63, 3.8) is 0 Å². The summed E-state index contributed by atoms with van der Waals surface area (Å²) in [4.78, 5) is 43.5. The number of Topliss-reactive ketones (excluding diaryl/α,β-unsaturated/α-hetero) is 1. The zero-order valence-electron chi connectivity index (χ0n) is 24.1. The number of benzene rings is 2. The maximum Gasteiger partial charge on any atom is 0.305 e. The highest BCUT2D eigenvalue weighted by atomic mass is 35.5. The van der Waals surface area contributed by atoms with Crippen molar-refractivity contribution in [2.45, 2.75) is 44.8 Å². The van der Waals surface area contributed by atoms with Crippen molar-refractivity contribution in [1.29, 1.82) is 0 Å². The van der Waals surface area contributed by atoms with Crippen LogP contribution >= 0.6 is 11.6 Å². The van der Waals surface area contributed by atoms with Gasteiger partial charge in [-0.05, 0) is 37.1 Å². The van der Waals surface area contributed by atoms with Crippen LogP contribution in [0.3, 0.4) is 0 Å². The van der Waals surface area contributed by atoms with Gasteiger partial charge in [0.1, 0.15) is 17.7 Å². The Balaban J connectivity index is 1.15. The number of anilines is 2. The van der Waals surface area contributed by atoms with Crippen LogP contribution in [-0.4, -0.2) is 59.6 Å². The van der Waals surface area contributed by atoms with Gasteiger partial charge in [-0.25, -0.2) is 9.37 Å². The molecule has 43 heavy (non-hydrogen) atoms. The average molecular weight is 611 g/mol. The lowest BCUT2D eigenvalue weighted by Crippen LogP contribution is -2.30. The van der Waals surface area contributed by atoms with Crippen LogP contribution in [0.4, 0.5) is 16.1 Å². The number of para-hydroxylation sites is 1. The summed E-state index contributed by atoms with van der Waals surface area (Å²) in [5.74, 6) is -1.13. The van der Waals surface area contributed by atoms with Crippen molar-refractivity contribution >= 4 is 51.9 Å². The molecular weight excluding hydrogens is 579 g/mol. The summed E-state index contributed by atoms with van der Waals surface area (Å²) in [5, 5.41) is 3.57. The van der Waals surface area contributed by atoms with Gasteiger partial charge in [-0.15, -0.1) is 0 Å². The van der Waals surface area contributed by atoms with E-state index >= 15 is 4.39 Å². The first kappa shape index (κ1) is 30.2. The van der Waals surface area contributed by atoms with Crippen LogP contribution in [0.25, 0.3) is 10.9 Å². The van der Waals surface area contributed by atoms with Crippen LogP contribution in [0.1, 0.15) is 41.4 Å². The summed E-state index contributed by atoms with van der Waals surface area (Å²) in [6.45, 7) is 2.73. The highest BCUT2D eigenvalue weighted by Crippen LogP contribution is 2.29. The molecule has 2 atom stereocenters. The molecule has 1 saturated heterocycles. The molecule has 5 rings (SSSR count). The summed E-state index contributed by atoms with van der Waals surface area (Å²) in [5.41, 5.74) is 1.55. The summed E-state index contributed by atoms with van der Waals surface area (Å²) < 4.78 is 33.3. The average Bonchev–Trinajstić information content (AvgIpc) is 3.73. The Hall–Kier alpha value is -4.22. The van der Waals surface area contributed by atoms with E-state index in [2.05, 4.69) is 15.0 Å². The zero-order valence-corrected chi connectivity index (χ0v) is 24.8. The highest BCUT2D eigenvalue weighted by molar-refractivity contribution is 6.34. The molecule has 1 aliphatic rings. The first-order chi connectivity index (χ1) is 20.6. The molecule has 0 aliphatic carbocycles. The van der Waals surface area contributed by atoms with E-state index in [9.17, 15) is 14.4 Å². The molecule has 1 N–H and O–H groups in total. The van der Waals surface area contributed by atoms with Gasteiger partial charge in [0.25, 0.3) is 11.9 Å². The number of aryl methyl sites for hydroxylation is 2. The van der Waals surface area contributed by atoms with Gasteiger partial charge in [0.15, 0.2) is 5.78 Å². The number of halogens is 2. The molecule has 2 aromatic carbocycles. The van der Waals surface area contributed by atoms with E-state index in [4.69, 9.17) is 20.8 Å². The standard InChI is InChI=1S/C31H32ClFN4O6/c1-18(42-21-10-11-37(16-21)31-34-15-20(43-31)8-9-29(39)41-3)28(38)13-19-12-24(32)26(14-25(19)33)35-30(40)23-17-36(2)27-7-5-4-6-22(23)27/h4-7,12,14-15,17-18,21H,8-11,13,16H2,1-3H3,(H,35,40)/t18?,21-/m0/s1. The second-order valence-electron chi connectivity index (χ2n) is 10.5. The van der Waals surface area contributed by atoms with Gasteiger partial charge in [0, 0.05) is 50.1 Å². The second-order valence-corrected chi connectivity index (χ2v) is 10.9. The number of aromatic nitrogens is 2. The van der Waals surface area contributed by atoms with Crippen molar-refractivity contribution in [1.82, 2.24) is 9.55 Å². The summed E-state index contributed by atoms with van der Waals surface area (Å²) in [6.07, 6.45) is 3.28. The van der Waals surface area contributed by atoms with Gasteiger partial charge in [0.05, 0.1) is 42.1 Å². The van der Waals surface area contributed by atoms with Crippen molar-refractivity contribution in [2.24, 2.45) is 7.05 Å². The number of hydrogen-bond donors (Lipinski definition) is 1. The Labute approximate surface area is 252 Å². The lowest BCUT2D eigenvalue weighted by molar-refractivity contribution is -0.140. The van der Waals surface area contributed by atoms with Gasteiger partial charge in [-0.2, -0.15) is 0 Å². The predicted molar refractivity (Wildman–Crippen MR) is 159 cm³/mol. The smallest absolute Gasteiger partial charge is 0.305 e. The Morgan fingerprint density at radius 3 is 2.84 bits per heavy atom. The molecule has 1 unspecified atom stereocenters. The lowest BCUT2D eigenvalue weighted by Gasteiger charge is -2.19. The number of fused-ring (bicyclic) bond motifs is 1. The van der Waals surface area contributed by atoms with E-state index < -0.39 is 17.8 Å². The quantitative estimate of drug-likeness (QED) is 0.233. The number of nitrogens with one attached hydrogen (secondary N) is 1. The normalized spacial score (nSPS) is 15.6. The van der Waals surface area contributed by atoms with Crippen LogP contribution in [-0.2, 0) is 39.0 Å². The molecule has 2 aromatic heterocycles. The van der Waals surface area contributed by atoms with Gasteiger partial charge in [-0.3, -0.25) is 14.4 Å². The molecule has 3 heterocycles. The molecule has 226 valence electrons. The SMILES string of the molecule is COC(=O)CCc1cnc(N2CC[C@H](OC(C)C(=O)Cc3cc(Cl)c(NC(=O)c4cn(C)c5ccccc45)cc3F)C2)o1. The van der Waals surface area contributed by atoms with Crippen molar-refractivity contribution in [3.8, 4) is 0 Å². The zero-order chi connectivity index (χ0) is 30.7. The number of amides is 1. The van der Waals surface area contributed by atoms with Gasteiger partial charge < -0.3 is 28.7 Å². The third-order valence-electron chi connectivity index (χ3n) is 7.50. The molecule has 0 spiro atoms. The highest BCUT2D eigenvalue weighted by Gasteiger charge is 2.30. The third-order valence-corrected chi connectivity index (χ3v) is 7.81. The first-order valence-electron chi connectivity index (χ1n) is 13.9. The predicted octanol–water partition coefficient (Wildman–Crippen LogP) is 5.11. The van der Waals surface area contributed by atoms with Crippen molar-refractivity contribution < 1.29 is 32.7 Å². The minimum absolute atomic E-state index is 0.112. The Morgan fingerprint density at radius 2 is 2.05 bits per heavy atom. The van der Waals surface area contributed by atoms with Gasteiger partial charge in [0.2, 0.25) is 0 Å². The Morgan fingerprint density at radius 1 is 1.26 bits per heavy atom. The molecule has 1 amide bonds. The van der Waals surface area contributed by atoms with Crippen molar-refractivity contribution in [2.75, 3.05) is 30.4 Å². The van der Waals surface area contributed by atoms with Gasteiger partial charge >= 0.3 is 5.97 Å². The van der Waals surface area contributed by atoms with Crippen LogP contribution < -0.4 is 10.2 Å². The number of ether oxygens (including phenoxy) is 2. The molecular formula is C31H32ClFN4O6. The minimum atomic E-state index is -0.783. The number of carbonyl (C=O) groups excluding carboxylic acids is 3. The van der Waals surface area contributed by atoms with E-state index in [1.54, 1.807) is 19.3 Å². The number of oxazole rings is 1. The second kappa shape index (κ2) is 13.0. The Kier molecular flexibility index (Phi) is 9.12. The number of methoxy groups -OCH3 is 1. The number of carbonyl (C=O) groups is 3. The van der Waals surface area contributed by atoms with E-state index in [-0.39, 0.29) is 47.0 Å². The van der Waals surface area contributed by atoms with Crippen LogP contribution in [0.15, 0.2) is 53.2 Å². The summed E-state index contributed by atoms with van der Waals surface area (Å²) >= 11 is 6.40. The molecule has 1 fully saturated rings. The number of rotatable bonds is 11. The fraction of sp³-hybridized carbons (Fsp3) is 0.355. The molecule has 0 saturated carbocycles. The number of esters is 1. The van der Waals surface area contributed by atoms with E-state index in [1.165, 1.54) is 13.2 Å². The number of hydrogen-bond acceptors (Lipinski definition) is 8. The molecule has 0 bridgehead atoms. The van der Waals surface area contributed by atoms with E-state index in [1.807, 2.05) is 40.8 Å². The topological polar surface area (TPSA) is 116 Å². The van der Waals surface area contributed by atoms with E-state index in [0.29, 0.717) is 43.3 Å². The molecule has 12 heteroatoms. The number of ketones is 1. The van der Waals surface area contributed by atoms with Crippen LogP contribution in [0.5, 0.6) is 0 Å². The Bertz CT molecular complexity index is 1670. The number of nitrogens with zero attached hydrogens (tertiary/aromatic N) is 3. The molecule has 1 aliphatic heterocycles. The minimum Gasteiger partial charge on any atom is -0.469 e. The molecule has 0 radical (unpaired) electrons. The first-order valence-corrected chi connectivity index (χ1v) is 14.3. The van der Waals surface area contributed by atoms with Crippen LogP contribution in [0.2, 0.25) is 5.02 Å². The fourth-order valence-electron chi connectivity index (χ4n) is 5.13. The molecule has 4 aromatic rings. The van der Waals surface area contributed by atoms with Crippen LogP contribution in [0, 0.1) is 5.82 Å². The largest absolute Gasteiger partial charge is 0.469 e.